The molecule has 0 bridgehead atoms. The topological polar surface area (TPSA) is 37.3 Å². The number of aromatic amines is 1. The van der Waals surface area contributed by atoms with Crippen LogP contribution in [0.15, 0.2) is 18.2 Å². The van der Waals surface area contributed by atoms with Gasteiger partial charge in [0.05, 0.1) is 18.2 Å². The van der Waals surface area contributed by atoms with E-state index in [2.05, 4.69) is 37.0 Å². The lowest BCUT2D eigenvalue weighted by Crippen LogP contribution is -3.17. The van der Waals surface area contributed by atoms with Gasteiger partial charge < -0.3 is 9.88 Å². The van der Waals surface area contributed by atoms with Crippen molar-refractivity contribution in [1.82, 2.24) is 4.98 Å². The number of quaternary nitrogens is 1. The van der Waals surface area contributed by atoms with Crippen LogP contribution in [0.4, 0.5) is 0 Å². The summed E-state index contributed by atoms with van der Waals surface area (Å²) in [6.45, 7) is 8.14. The van der Waals surface area contributed by atoms with Crippen molar-refractivity contribution in [3.05, 3.63) is 35.0 Å². The normalized spacial score (nSPS) is 22.1. The third kappa shape index (κ3) is 2.82. The van der Waals surface area contributed by atoms with E-state index in [4.69, 9.17) is 0 Å². The molecule has 1 aromatic carbocycles. The molecule has 3 nitrogen and oxygen atoms in total. The Morgan fingerprint density at radius 2 is 2.14 bits per heavy atom. The molecule has 1 aromatic heterocycles. The van der Waals surface area contributed by atoms with Crippen LogP contribution in [0.3, 0.4) is 0 Å². The summed E-state index contributed by atoms with van der Waals surface area (Å²) in [7, 11) is 0. The molecule has 1 aliphatic heterocycles. The summed E-state index contributed by atoms with van der Waals surface area (Å²) in [6, 6.07) is 6.96. The average Bonchev–Trinajstić information content (AvgIpc) is 2.82. The number of fused-ring (bicyclic) bond motifs is 1. The van der Waals surface area contributed by atoms with Crippen LogP contribution in [0.1, 0.15) is 54.2 Å². The third-order valence-electron chi connectivity index (χ3n) is 5.18. The molecule has 2 atom stereocenters. The highest BCUT2D eigenvalue weighted by Crippen LogP contribution is 2.23. The molecule has 1 saturated heterocycles. The Balaban J connectivity index is 1.87. The van der Waals surface area contributed by atoms with E-state index in [0.29, 0.717) is 18.4 Å². The molecule has 22 heavy (non-hydrogen) atoms. The standard InChI is InChI=1S/C19H26N2O/c1-4-15-7-5-6-10-21(15)12-18(22)19-14(3)20-17-11-13(2)8-9-16(17)19/h8-9,11,15,20H,4-7,10,12H2,1-3H3/p+1/t15-/m0/s1. The first-order valence-electron chi connectivity index (χ1n) is 8.57. The van der Waals surface area contributed by atoms with Crippen LogP contribution in [-0.2, 0) is 0 Å². The van der Waals surface area contributed by atoms with Crippen LogP contribution in [0.25, 0.3) is 10.9 Å². The van der Waals surface area contributed by atoms with Crippen LogP contribution in [0.2, 0.25) is 0 Å². The molecule has 0 radical (unpaired) electrons. The number of H-pyrrole nitrogens is 1. The summed E-state index contributed by atoms with van der Waals surface area (Å²) in [5.41, 5.74) is 4.22. The monoisotopic (exact) mass is 299 g/mol. The molecule has 2 heterocycles. The van der Waals surface area contributed by atoms with Crippen molar-refractivity contribution >= 4 is 16.7 Å². The highest BCUT2D eigenvalue weighted by Gasteiger charge is 2.28. The Hall–Kier alpha value is -1.61. The van der Waals surface area contributed by atoms with Gasteiger partial charge in [-0.2, -0.15) is 0 Å². The zero-order valence-corrected chi connectivity index (χ0v) is 14.0. The van der Waals surface area contributed by atoms with Gasteiger partial charge in [0, 0.05) is 16.6 Å². The summed E-state index contributed by atoms with van der Waals surface area (Å²) < 4.78 is 0. The second kappa shape index (κ2) is 6.25. The van der Waals surface area contributed by atoms with Gasteiger partial charge in [-0.1, -0.05) is 19.1 Å². The van der Waals surface area contributed by atoms with E-state index >= 15 is 0 Å². The summed E-state index contributed by atoms with van der Waals surface area (Å²) in [6.07, 6.45) is 5.02. The van der Waals surface area contributed by atoms with E-state index in [9.17, 15) is 4.79 Å². The van der Waals surface area contributed by atoms with Gasteiger partial charge >= 0.3 is 0 Å². The molecule has 3 rings (SSSR count). The van der Waals surface area contributed by atoms with Gasteiger partial charge in [0.25, 0.3) is 0 Å². The number of aryl methyl sites for hydroxylation is 2. The smallest absolute Gasteiger partial charge is 0.219 e. The number of aromatic nitrogens is 1. The zero-order valence-electron chi connectivity index (χ0n) is 14.0. The van der Waals surface area contributed by atoms with Gasteiger partial charge in [0.2, 0.25) is 5.78 Å². The molecule has 1 fully saturated rings. The number of hydrogen-bond donors (Lipinski definition) is 2. The lowest BCUT2D eigenvalue weighted by atomic mass is 9.98. The number of piperidine rings is 1. The number of carbonyl (C=O) groups excluding carboxylic acids is 1. The van der Waals surface area contributed by atoms with Crippen molar-refractivity contribution in [3.8, 4) is 0 Å². The number of carbonyl (C=O) groups is 1. The molecule has 0 spiro atoms. The number of nitrogens with one attached hydrogen (secondary N) is 2. The van der Waals surface area contributed by atoms with Crippen molar-refractivity contribution < 1.29 is 9.69 Å². The number of benzene rings is 1. The van der Waals surface area contributed by atoms with E-state index in [1.807, 2.05) is 6.92 Å². The van der Waals surface area contributed by atoms with Crippen molar-refractivity contribution in [2.75, 3.05) is 13.1 Å². The molecule has 0 amide bonds. The Bertz CT molecular complexity index is 686. The van der Waals surface area contributed by atoms with Gasteiger partial charge in [0.1, 0.15) is 6.54 Å². The van der Waals surface area contributed by atoms with Crippen LogP contribution in [-0.4, -0.2) is 29.9 Å². The lowest BCUT2D eigenvalue weighted by molar-refractivity contribution is -0.922. The predicted molar refractivity (Wildman–Crippen MR) is 90.7 cm³/mol. The number of hydrogen-bond acceptors (Lipinski definition) is 1. The number of rotatable bonds is 4. The quantitative estimate of drug-likeness (QED) is 0.837. The van der Waals surface area contributed by atoms with Crippen molar-refractivity contribution in [2.24, 2.45) is 0 Å². The van der Waals surface area contributed by atoms with Crippen molar-refractivity contribution in [3.63, 3.8) is 0 Å². The first-order chi connectivity index (χ1) is 10.6. The Morgan fingerprint density at radius 3 is 2.91 bits per heavy atom. The maximum Gasteiger partial charge on any atom is 0.219 e. The van der Waals surface area contributed by atoms with Crippen LogP contribution in [0, 0.1) is 13.8 Å². The van der Waals surface area contributed by atoms with Gasteiger partial charge in [-0.15, -0.1) is 0 Å². The van der Waals surface area contributed by atoms with Gasteiger partial charge in [-0.05, 0) is 51.2 Å². The molecular formula is C19H27N2O+. The SMILES string of the molecule is CC[C@H]1CCCC[NH+]1CC(=O)c1c(C)[nH]c2cc(C)ccc12. The van der Waals surface area contributed by atoms with E-state index in [-0.39, 0.29) is 0 Å². The molecule has 3 heteroatoms. The van der Waals surface area contributed by atoms with E-state index in [1.54, 1.807) is 0 Å². The van der Waals surface area contributed by atoms with Crippen molar-refractivity contribution in [2.45, 2.75) is 52.5 Å². The Morgan fingerprint density at radius 1 is 1.32 bits per heavy atom. The fraction of sp³-hybridized carbons (Fsp3) is 0.526. The molecule has 2 N–H and O–H groups in total. The van der Waals surface area contributed by atoms with Crippen molar-refractivity contribution in [1.29, 1.82) is 0 Å². The minimum absolute atomic E-state index is 0.294. The molecule has 118 valence electrons. The van der Waals surface area contributed by atoms with Crippen LogP contribution < -0.4 is 4.90 Å². The molecule has 1 aliphatic rings. The first-order valence-corrected chi connectivity index (χ1v) is 8.57. The van der Waals surface area contributed by atoms with E-state index in [1.165, 1.54) is 36.1 Å². The minimum Gasteiger partial charge on any atom is -0.358 e. The Labute approximate surface area is 132 Å². The summed E-state index contributed by atoms with van der Waals surface area (Å²) in [5, 5.41) is 1.08. The van der Waals surface area contributed by atoms with Gasteiger partial charge in [0.15, 0.2) is 0 Å². The van der Waals surface area contributed by atoms with Gasteiger partial charge in [-0.25, -0.2) is 0 Å². The van der Waals surface area contributed by atoms with Crippen LogP contribution in [0.5, 0.6) is 0 Å². The number of likely N-dealkylation sites (tertiary alicyclic amines) is 1. The summed E-state index contributed by atoms with van der Waals surface area (Å²) in [5.74, 6) is 0.294. The molecule has 0 aliphatic carbocycles. The molecule has 2 aromatic rings. The second-order valence-corrected chi connectivity index (χ2v) is 6.78. The lowest BCUT2D eigenvalue weighted by Gasteiger charge is -2.31. The minimum atomic E-state index is 0.294. The van der Waals surface area contributed by atoms with E-state index in [0.717, 1.165) is 28.7 Å². The Kier molecular flexibility index (Phi) is 4.34. The fourth-order valence-electron chi connectivity index (χ4n) is 3.98. The summed E-state index contributed by atoms with van der Waals surface area (Å²) in [4.78, 5) is 17.8. The summed E-state index contributed by atoms with van der Waals surface area (Å²) >= 11 is 0. The first kappa shape index (κ1) is 15.3. The fourth-order valence-corrected chi connectivity index (χ4v) is 3.98. The highest BCUT2D eigenvalue weighted by atomic mass is 16.1. The van der Waals surface area contributed by atoms with Crippen LogP contribution >= 0.6 is 0 Å². The maximum absolute atomic E-state index is 12.9. The largest absolute Gasteiger partial charge is 0.358 e. The maximum atomic E-state index is 12.9. The number of ketones is 1. The second-order valence-electron chi connectivity index (χ2n) is 6.78. The zero-order chi connectivity index (χ0) is 15.7. The molecule has 1 unspecified atom stereocenters. The average molecular weight is 299 g/mol. The van der Waals surface area contributed by atoms with Gasteiger partial charge in [-0.3, -0.25) is 4.79 Å². The van der Waals surface area contributed by atoms with E-state index < -0.39 is 0 Å². The molecule has 0 saturated carbocycles. The highest BCUT2D eigenvalue weighted by molar-refractivity contribution is 6.09. The number of Topliss-reactive ketones (excluding diaryl/α,β-unsaturated/α-hetero) is 1. The predicted octanol–water partition coefficient (Wildman–Crippen LogP) is 2.81. The third-order valence-corrected chi connectivity index (χ3v) is 5.18. The molecular weight excluding hydrogens is 272 g/mol.